The summed E-state index contributed by atoms with van der Waals surface area (Å²) in [5.41, 5.74) is -0.457. The van der Waals surface area contributed by atoms with Gasteiger partial charge < -0.3 is 10.1 Å². The van der Waals surface area contributed by atoms with Crippen LogP contribution in [0.15, 0.2) is 52.1 Å². The van der Waals surface area contributed by atoms with Crippen LogP contribution in [0.25, 0.3) is 16.6 Å². The number of rotatable bonds is 6. The van der Waals surface area contributed by atoms with E-state index in [0.29, 0.717) is 33.8 Å². The highest BCUT2D eigenvalue weighted by Crippen LogP contribution is 2.25. The predicted octanol–water partition coefficient (Wildman–Crippen LogP) is 3.04. The topological polar surface area (TPSA) is 82.3 Å². The minimum Gasteiger partial charge on any atom is -0.495 e. The first kappa shape index (κ1) is 20.2. The first-order chi connectivity index (χ1) is 14.5. The van der Waals surface area contributed by atoms with Crippen LogP contribution in [0.3, 0.4) is 0 Å². The molecule has 1 N–H and O–H groups in total. The number of hydrogen-bond donors (Lipinski definition) is 1. The van der Waals surface area contributed by atoms with Gasteiger partial charge in [-0.1, -0.05) is 30.7 Å². The number of carbonyl (C=O) groups excluding carboxylic acids is 1. The zero-order valence-electron chi connectivity index (χ0n) is 16.7. The molecule has 1 fully saturated rings. The molecule has 1 aliphatic carbocycles. The van der Waals surface area contributed by atoms with Gasteiger partial charge in [-0.2, -0.15) is 0 Å². The lowest BCUT2D eigenvalue weighted by Gasteiger charge is -2.22. The summed E-state index contributed by atoms with van der Waals surface area (Å²) >= 11 is 6.18. The van der Waals surface area contributed by atoms with Gasteiger partial charge in [0.2, 0.25) is 5.91 Å². The lowest BCUT2D eigenvalue weighted by atomic mass is 10.1. The maximum absolute atomic E-state index is 13.6. The van der Waals surface area contributed by atoms with Crippen molar-refractivity contribution < 1.29 is 9.53 Å². The van der Waals surface area contributed by atoms with Crippen LogP contribution in [0, 0.1) is 0 Å². The molecule has 156 valence electrons. The quantitative estimate of drug-likeness (QED) is 0.655. The molecule has 0 radical (unpaired) electrons. The third kappa shape index (κ3) is 3.50. The second-order valence-electron chi connectivity index (χ2n) is 7.33. The number of aromatic nitrogens is 2. The van der Waals surface area contributed by atoms with Gasteiger partial charge in [0.1, 0.15) is 11.8 Å². The van der Waals surface area contributed by atoms with E-state index >= 15 is 0 Å². The standard InChI is InChI=1S/C22H22ClN3O4/c1-3-16(20(27)24-14-9-10-14)25-18-12-13(23)8-11-15(18)21(28)26(22(25)29)17-6-4-5-7-19(17)30-2/h4-8,11-12,14,16H,3,9-10H2,1-2H3,(H,24,27). The largest absolute Gasteiger partial charge is 0.495 e. The van der Waals surface area contributed by atoms with Crippen LogP contribution >= 0.6 is 11.6 Å². The van der Waals surface area contributed by atoms with Gasteiger partial charge >= 0.3 is 5.69 Å². The summed E-state index contributed by atoms with van der Waals surface area (Å²) in [5, 5.41) is 3.63. The minimum atomic E-state index is -0.777. The van der Waals surface area contributed by atoms with Gasteiger partial charge in [0.25, 0.3) is 5.56 Å². The lowest BCUT2D eigenvalue weighted by Crippen LogP contribution is -2.44. The van der Waals surface area contributed by atoms with Gasteiger partial charge in [-0.3, -0.25) is 14.2 Å². The van der Waals surface area contributed by atoms with E-state index in [9.17, 15) is 14.4 Å². The SMILES string of the molecule is CCC(C(=O)NC1CC1)n1c(=O)n(-c2ccccc2OC)c(=O)c2ccc(Cl)cc21. The molecule has 1 amide bonds. The van der Waals surface area contributed by atoms with Gasteiger partial charge in [0.15, 0.2) is 0 Å². The Balaban J connectivity index is 2.05. The van der Waals surface area contributed by atoms with E-state index in [1.165, 1.54) is 11.7 Å². The van der Waals surface area contributed by atoms with Crippen molar-refractivity contribution >= 4 is 28.4 Å². The third-order valence-electron chi connectivity index (χ3n) is 5.30. The van der Waals surface area contributed by atoms with Crippen LogP contribution in [0.2, 0.25) is 5.02 Å². The molecule has 1 unspecified atom stereocenters. The molecule has 7 nitrogen and oxygen atoms in total. The number of methoxy groups -OCH3 is 1. The van der Waals surface area contributed by atoms with Crippen LogP contribution in [0.4, 0.5) is 0 Å². The third-order valence-corrected chi connectivity index (χ3v) is 5.54. The summed E-state index contributed by atoms with van der Waals surface area (Å²) in [4.78, 5) is 39.9. The molecular weight excluding hydrogens is 406 g/mol. The Hall–Kier alpha value is -3.06. The van der Waals surface area contributed by atoms with Crippen LogP contribution in [0.5, 0.6) is 5.75 Å². The molecule has 1 heterocycles. The summed E-state index contributed by atoms with van der Waals surface area (Å²) < 4.78 is 7.79. The maximum Gasteiger partial charge on any atom is 0.337 e. The monoisotopic (exact) mass is 427 g/mol. The average Bonchev–Trinajstić information content (AvgIpc) is 3.55. The Labute approximate surface area is 177 Å². The Morgan fingerprint density at radius 1 is 1.23 bits per heavy atom. The Morgan fingerprint density at radius 2 is 1.97 bits per heavy atom. The van der Waals surface area contributed by atoms with Crippen LogP contribution in [0.1, 0.15) is 32.2 Å². The summed E-state index contributed by atoms with van der Waals surface area (Å²) in [5.74, 6) is 0.139. The fourth-order valence-electron chi connectivity index (χ4n) is 3.64. The van der Waals surface area contributed by atoms with E-state index in [4.69, 9.17) is 16.3 Å². The molecule has 0 aliphatic heterocycles. The number of hydrogen-bond acceptors (Lipinski definition) is 4. The molecule has 1 saturated carbocycles. The van der Waals surface area contributed by atoms with Crippen molar-refractivity contribution in [2.45, 2.75) is 38.3 Å². The maximum atomic E-state index is 13.6. The molecule has 1 atom stereocenters. The predicted molar refractivity (Wildman–Crippen MR) is 116 cm³/mol. The van der Waals surface area contributed by atoms with E-state index < -0.39 is 17.3 Å². The highest BCUT2D eigenvalue weighted by molar-refractivity contribution is 6.31. The van der Waals surface area contributed by atoms with Crippen molar-refractivity contribution in [1.82, 2.24) is 14.5 Å². The smallest absolute Gasteiger partial charge is 0.337 e. The first-order valence-corrected chi connectivity index (χ1v) is 10.2. The summed E-state index contributed by atoms with van der Waals surface area (Å²) in [6.07, 6.45) is 2.25. The van der Waals surface area contributed by atoms with Gasteiger partial charge in [-0.05, 0) is 49.6 Å². The van der Waals surface area contributed by atoms with E-state index in [0.717, 1.165) is 17.4 Å². The van der Waals surface area contributed by atoms with Crippen molar-refractivity contribution in [2.24, 2.45) is 0 Å². The zero-order chi connectivity index (χ0) is 21.4. The second kappa shape index (κ2) is 7.99. The van der Waals surface area contributed by atoms with Crippen LogP contribution in [-0.2, 0) is 4.79 Å². The molecule has 30 heavy (non-hydrogen) atoms. The molecule has 0 spiro atoms. The highest BCUT2D eigenvalue weighted by Gasteiger charge is 2.30. The van der Waals surface area contributed by atoms with Crippen molar-refractivity contribution in [2.75, 3.05) is 7.11 Å². The van der Waals surface area contributed by atoms with Gasteiger partial charge in [-0.25, -0.2) is 9.36 Å². The van der Waals surface area contributed by atoms with Gasteiger partial charge in [0, 0.05) is 11.1 Å². The number of ether oxygens (including phenoxy) is 1. The summed E-state index contributed by atoms with van der Waals surface area (Å²) in [6.45, 7) is 1.83. The molecule has 8 heteroatoms. The van der Waals surface area contributed by atoms with Crippen molar-refractivity contribution in [3.8, 4) is 11.4 Å². The number of fused-ring (bicyclic) bond motifs is 1. The summed E-state index contributed by atoms with van der Waals surface area (Å²) in [6, 6.07) is 10.9. The lowest BCUT2D eigenvalue weighted by molar-refractivity contribution is -0.124. The van der Waals surface area contributed by atoms with E-state index in [1.54, 1.807) is 42.5 Å². The number of nitrogens with one attached hydrogen (secondary N) is 1. The molecule has 1 aromatic heterocycles. The Kier molecular flexibility index (Phi) is 5.39. The molecular formula is C22H22ClN3O4. The summed E-state index contributed by atoms with van der Waals surface area (Å²) in [7, 11) is 1.47. The number of nitrogens with zero attached hydrogens (tertiary/aromatic N) is 2. The second-order valence-corrected chi connectivity index (χ2v) is 7.77. The van der Waals surface area contributed by atoms with Crippen molar-refractivity contribution in [3.63, 3.8) is 0 Å². The number of amides is 1. The Morgan fingerprint density at radius 3 is 2.63 bits per heavy atom. The van der Waals surface area contributed by atoms with E-state index in [-0.39, 0.29) is 11.9 Å². The fourth-order valence-corrected chi connectivity index (χ4v) is 3.81. The van der Waals surface area contributed by atoms with Crippen molar-refractivity contribution in [1.29, 1.82) is 0 Å². The van der Waals surface area contributed by atoms with Gasteiger partial charge in [0.05, 0.1) is 23.7 Å². The molecule has 0 bridgehead atoms. The number of benzene rings is 2. The van der Waals surface area contributed by atoms with Gasteiger partial charge in [-0.15, -0.1) is 0 Å². The number of halogens is 1. The van der Waals surface area contributed by atoms with Crippen LogP contribution < -0.4 is 21.3 Å². The average molecular weight is 428 g/mol. The molecule has 0 saturated heterocycles. The minimum absolute atomic E-state index is 0.150. The molecule has 2 aromatic carbocycles. The van der Waals surface area contributed by atoms with E-state index in [2.05, 4.69) is 5.32 Å². The molecule has 3 aromatic rings. The number of para-hydroxylation sites is 2. The first-order valence-electron chi connectivity index (χ1n) is 9.86. The zero-order valence-corrected chi connectivity index (χ0v) is 17.5. The fraction of sp³-hybridized carbons (Fsp3) is 0.318. The van der Waals surface area contributed by atoms with Crippen LogP contribution in [-0.4, -0.2) is 28.2 Å². The highest BCUT2D eigenvalue weighted by atomic mass is 35.5. The molecule has 1 aliphatic rings. The van der Waals surface area contributed by atoms with Crippen molar-refractivity contribution in [3.05, 3.63) is 68.3 Å². The molecule has 4 rings (SSSR count). The Bertz CT molecular complexity index is 1240. The normalized spacial score (nSPS) is 14.5. The number of carbonyl (C=O) groups is 1. The van der Waals surface area contributed by atoms with E-state index in [1.807, 2.05) is 6.92 Å².